The van der Waals surface area contributed by atoms with Gasteiger partial charge in [0.1, 0.15) is 0 Å². The average Bonchev–Trinajstić information content (AvgIpc) is 3.37. The molecule has 0 N–H and O–H groups in total. The molecule has 0 spiro atoms. The summed E-state index contributed by atoms with van der Waals surface area (Å²) in [4.78, 5) is 15.0. The van der Waals surface area contributed by atoms with Gasteiger partial charge in [-0.1, -0.05) is 52.4 Å². The molecule has 2 heterocycles. The predicted octanol–water partition coefficient (Wildman–Crippen LogP) is 6.55. The maximum absolute atomic E-state index is 12.4. The monoisotopic (exact) mass is 445 g/mol. The molecule has 0 radical (unpaired) electrons. The van der Waals surface area contributed by atoms with Gasteiger partial charge >= 0.3 is 0 Å². The molecule has 2 aliphatic carbocycles. The molecule has 29 heavy (non-hydrogen) atoms. The second-order valence-corrected chi connectivity index (χ2v) is 9.93. The summed E-state index contributed by atoms with van der Waals surface area (Å²) in [6.07, 6.45) is 11.7. The zero-order valence-electron chi connectivity index (χ0n) is 16.5. The van der Waals surface area contributed by atoms with E-state index in [4.69, 9.17) is 0 Å². The molecule has 0 saturated carbocycles. The van der Waals surface area contributed by atoms with Crippen LogP contribution in [0.1, 0.15) is 64.7 Å². The van der Waals surface area contributed by atoms with Gasteiger partial charge in [-0.15, -0.1) is 0 Å². The topological polar surface area (TPSA) is 20.3 Å². The van der Waals surface area contributed by atoms with E-state index in [0.717, 1.165) is 29.4 Å². The molecule has 0 saturated heterocycles. The van der Waals surface area contributed by atoms with Crippen LogP contribution in [-0.2, 0) is 0 Å². The first-order chi connectivity index (χ1) is 14.1. The third kappa shape index (κ3) is 2.56. The van der Waals surface area contributed by atoms with Gasteiger partial charge in [0, 0.05) is 34.1 Å². The zero-order valence-corrected chi connectivity index (χ0v) is 18.1. The summed E-state index contributed by atoms with van der Waals surface area (Å²) in [5, 5.41) is 0. The van der Waals surface area contributed by atoms with Gasteiger partial charge in [0.2, 0.25) is 0 Å². The highest BCUT2D eigenvalue weighted by Gasteiger charge is 2.47. The Bertz CT molecular complexity index is 1070. The van der Waals surface area contributed by atoms with Crippen molar-refractivity contribution in [3.63, 3.8) is 0 Å². The lowest BCUT2D eigenvalue weighted by atomic mass is 9.70. The molecule has 2 aliphatic heterocycles. The van der Waals surface area contributed by atoms with Gasteiger partial charge in [0.25, 0.3) is 0 Å². The molecule has 146 valence electrons. The van der Waals surface area contributed by atoms with Gasteiger partial charge < -0.3 is 4.90 Å². The van der Waals surface area contributed by atoms with E-state index in [-0.39, 0.29) is 5.78 Å². The number of fused-ring (bicyclic) bond motifs is 4. The maximum Gasteiger partial charge on any atom is 0.159 e. The average molecular weight is 446 g/mol. The number of benzene rings is 2. The lowest BCUT2D eigenvalue weighted by Crippen LogP contribution is -2.46. The number of ketones is 1. The smallest absolute Gasteiger partial charge is 0.159 e. The number of nitrogens with zero attached hydrogens (tertiary/aromatic N) is 1. The van der Waals surface area contributed by atoms with Crippen molar-refractivity contribution >= 4 is 27.4 Å². The Morgan fingerprint density at radius 1 is 1.03 bits per heavy atom. The summed E-state index contributed by atoms with van der Waals surface area (Å²) < 4.78 is 1.15. The van der Waals surface area contributed by atoms with Gasteiger partial charge in [0.15, 0.2) is 5.78 Å². The number of carbonyl (C=O) groups is 1. The molecule has 0 amide bonds. The number of hydrogen-bond donors (Lipinski definition) is 0. The van der Waals surface area contributed by atoms with Crippen LogP contribution in [0.4, 0.5) is 5.69 Å². The van der Waals surface area contributed by atoms with Gasteiger partial charge in [-0.2, -0.15) is 0 Å². The van der Waals surface area contributed by atoms with Crippen molar-refractivity contribution in [2.75, 3.05) is 11.4 Å². The lowest BCUT2D eigenvalue weighted by Gasteiger charge is -2.51. The van der Waals surface area contributed by atoms with Crippen LogP contribution in [0, 0.1) is 11.8 Å². The Hall–Kier alpha value is -2.13. The van der Waals surface area contributed by atoms with Gasteiger partial charge in [-0.25, -0.2) is 0 Å². The zero-order chi connectivity index (χ0) is 19.7. The summed E-state index contributed by atoms with van der Waals surface area (Å²) in [6, 6.07) is 13.6. The molecule has 0 aromatic heterocycles. The third-order valence-corrected chi connectivity index (χ3v) is 7.94. The summed E-state index contributed by atoms with van der Waals surface area (Å²) in [5.74, 6) is 2.15. The SMILES string of the molecule is CC(=O)c1cc2c3c(c1)[C@@H]1C=CC[C@@H]1[C@H](c1cccc(Br)c1)N3C[C@@H]1CC=C[C@H]21. The highest BCUT2D eigenvalue weighted by atomic mass is 79.9. The highest BCUT2D eigenvalue weighted by Crippen LogP contribution is 2.59. The van der Waals surface area contributed by atoms with E-state index in [1.54, 1.807) is 6.92 Å². The number of carbonyl (C=O) groups excluding carboxylic acids is 1. The molecule has 6 rings (SSSR count). The number of Topliss-reactive ketones (excluding diaryl/α,β-unsaturated/α-hetero) is 1. The van der Waals surface area contributed by atoms with E-state index in [1.807, 2.05) is 0 Å². The number of halogens is 1. The Balaban J connectivity index is 1.61. The summed E-state index contributed by atoms with van der Waals surface area (Å²) >= 11 is 3.69. The van der Waals surface area contributed by atoms with Crippen molar-refractivity contribution < 1.29 is 4.79 Å². The molecule has 2 aromatic rings. The molecular weight excluding hydrogens is 422 g/mol. The van der Waals surface area contributed by atoms with Crippen LogP contribution in [0.5, 0.6) is 0 Å². The molecule has 2 aromatic carbocycles. The second kappa shape index (κ2) is 6.43. The van der Waals surface area contributed by atoms with E-state index in [0.29, 0.717) is 29.7 Å². The van der Waals surface area contributed by atoms with Crippen LogP contribution >= 0.6 is 15.9 Å². The quantitative estimate of drug-likeness (QED) is 0.385. The first-order valence-electron chi connectivity index (χ1n) is 10.7. The van der Waals surface area contributed by atoms with Crippen molar-refractivity contribution in [2.45, 2.75) is 37.6 Å². The minimum absolute atomic E-state index is 0.173. The lowest BCUT2D eigenvalue weighted by molar-refractivity contribution is 0.101. The molecule has 2 nitrogen and oxygen atoms in total. The standard InChI is InChI=1S/C26H24BrNO/c1-15(29)18-12-23-20-8-3-6-17(20)14-28-25(16-5-2-7-19(27)11-16)22-10-4-9-21(22)24(13-18)26(23)28/h2-5,7-9,11-13,17,20-22,25H,6,10,14H2,1H3/t17-,20-,21+,22-,25-/m0/s1. The van der Waals surface area contributed by atoms with Crippen LogP contribution in [-0.4, -0.2) is 12.3 Å². The van der Waals surface area contributed by atoms with Crippen molar-refractivity contribution in [1.82, 2.24) is 0 Å². The van der Waals surface area contributed by atoms with Crippen molar-refractivity contribution in [1.29, 1.82) is 0 Å². The highest BCUT2D eigenvalue weighted by molar-refractivity contribution is 9.10. The van der Waals surface area contributed by atoms with Crippen LogP contribution in [0.3, 0.4) is 0 Å². The molecule has 0 unspecified atom stereocenters. The van der Waals surface area contributed by atoms with Crippen LogP contribution < -0.4 is 4.90 Å². The fourth-order valence-corrected chi connectivity index (χ4v) is 6.67. The van der Waals surface area contributed by atoms with Gasteiger partial charge in [-0.05, 0) is 72.6 Å². The minimum atomic E-state index is 0.173. The van der Waals surface area contributed by atoms with E-state index in [2.05, 4.69) is 81.5 Å². The number of rotatable bonds is 2. The van der Waals surface area contributed by atoms with E-state index in [1.165, 1.54) is 22.4 Å². The van der Waals surface area contributed by atoms with Crippen LogP contribution in [0.15, 0.2) is 65.2 Å². The molecular formula is C26H24BrNO. The number of anilines is 1. The first kappa shape index (κ1) is 17.7. The third-order valence-electron chi connectivity index (χ3n) is 7.45. The molecule has 0 bridgehead atoms. The largest absolute Gasteiger partial charge is 0.363 e. The van der Waals surface area contributed by atoms with Gasteiger partial charge in [0.05, 0.1) is 6.04 Å². The van der Waals surface area contributed by atoms with Gasteiger partial charge in [-0.3, -0.25) is 4.79 Å². The Labute approximate surface area is 180 Å². The first-order valence-corrected chi connectivity index (χ1v) is 11.5. The maximum atomic E-state index is 12.4. The predicted molar refractivity (Wildman–Crippen MR) is 121 cm³/mol. The summed E-state index contributed by atoms with van der Waals surface area (Å²) in [7, 11) is 0. The molecule has 0 fully saturated rings. The fourth-order valence-electron chi connectivity index (χ4n) is 6.25. The number of allylic oxidation sites excluding steroid dienone is 4. The molecule has 4 aliphatic rings. The van der Waals surface area contributed by atoms with E-state index >= 15 is 0 Å². The Morgan fingerprint density at radius 3 is 2.59 bits per heavy atom. The van der Waals surface area contributed by atoms with Crippen molar-refractivity contribution in [3.8, 4) is 0 Å². The minimum Gasteiger partial charge on any atom is -0.363 e. The normalized spacial score (nSPS) is 30.8. The fraction of sp³-hybridized carbons (Fsp3) is 0.346. The summed E-state index contributed by atoms with van der Waals surface area (Å²) in [6.45, 7) is 2.80. The molecule has 3 heteroatoms. The van der Waals surface area contributed by atoms with Crippen molar-refractivity contribution in [2.24, 2.45) is 11.8 Å². The second-order valence-electron chi connectivity index (χ2n) is 9.01. The Morgan fingerprint density at radius 2 is 1.79 bits per heavy atom. The van der Waals surface area contributed by atoms with Crippen LogP contribution in [0.2, 0.25) is 0 Å². The van der Waals surface area contributed by atoms with E-state index < -0.39 is 0 Å². The Kier molecular flexibility index (Phi) is 3.93. The molecule has 5 atom stereocenters. The van der Waals surface area contributed by atoms with Crippen LogP contribution in [0.25, 0.3) is 0 Å². The number of hydrogen-bond acceptors (Lipinski definition) is 2. The summed E-state index contributed by atoms with van der Waals surface area (Å²) in [5.41, 5.74) is 6.42. The van der Waals surface area contributed by atoms with E-state index in [9.17, 15) is 4.79 Å². The van der Waals surface area contributed by atoms with Crippen molar-refractivity contribution in [3.05, 3.63) is 87.4 Å².